The second-order valence-electron chi connectivity index (χ2n) is 11.1. The molecule has 5 rings (SSSR count). The van der Waals surface area contributed by atoms with Crippen molar-refractivity contribution < 1.29 is 33.0 Å². The van der Waals surface area contributed by atoms with Gasteiger partial charge >= 0.3 is 5.97 Å². The number of amides is 1. The Kier molecular flexibility index (Phi) is 9.16. The van der Waals surface area contributed by atoms with Crippen molar-refractivity contribution in [3.05, 3.63) is 58.9 Å². The van der Waals surface area contributed by atoms with E-state index in [1.807, 2.05) is 32.9 Å². The van der Waals surface area contributed by atoms with Crippen LogP contribution in [0.2, 0.25) is 0 Å². The summed E-state index contributed by atoms with van der Waals surface area (Å²) in [5.74, 6) is 1.81. The lowest BCUT2D eigenvalue weighted by molar-refractivity contribution is -0.132. The molecule has 232 valence electrons. The summed E-state index contributed by atoms with van der Waals surface area (Å²) < 4.78 is 29.0. The standard InChI is InChI=1S/C31H35N5O7S/c1-7-39-29(38)26-24(17-40-31(3,4)5)33-30(44-26)32-20-14-22(16-23(15-20)43-25-12-13-36(6)28(25)37)42-21-10-8-19(9-11-21)27-35-34-18(2)41-27/h8-11,14-16,25H,7,12-13,17H2,1-6H3,(H,32,33). The van der Waals surface area contributed by atoms with Gasteiger partial charge in [0.25, 0.3) is 5.91 Å². The molecule has 1 atom stereocenters. The number of rotatable bonds is 11. The fourth-order valence-electron chi connectivity index (χ4n) is 4.32. The average Bonchev–Trinajstić information content (AvgIpc) is 3.67. The van der Waals surface area contributed by atoms with E-state index in [9.17, 15) is 9.59 Å². The van der Waals surface area contributed by atoms with Crippen LogP contribution in [0.3, 0.4) is 0 Å². The number of aryl methyl sites for hydroxylation is 1. The van der Waals surface area contributed by atoms with E-state index >= 15 is 0 Å². The van der Waals surface area contributed by atoms with Crippen LogP contribution in [0.25, 0.3) is 11.5 Å². The van der Waals surface area contributed by atoms with Crippen LogP contribution in [-0.2, 0) is 20.9 Å². The Balaban J connectivity index is 1.42. The number of likely N-dealkylation sites (tertiary alicyclic amines) is 1. The summed E-state index contributed by atoms with van der Waals surface area (Å²) in [6.45, 7) is 10.3. The third-order valence-corrected chi connectivity index (χ3v) is 7.44. The van der Waals surface area contributed by atoms with Gasteiger partial charge in [-0.3, -0.25) is 4.79 Å². The van der Waals surface area contributed by atoms with E-state index in [4.69, 9.17) is 23.4 Å². The quantitative estimate of drug-likeness (QED) is 0.193. The predicted octanol–water partition coefficient (Wildman–Crippen LogP) is 6.14. The topological polar surface area (TPSA) is 138 Å². The van der Waals surface area contributed by atoms with E-state index in [0.717, 1.165) is 16.9 Å². The Morgan fingerprint density at radius 1 is 1.11 bits per heavy atom. The number of likely N-dealkylation sites (N-methyl/N-ethyl adjacent to an activating group) is 1. The molecule has 2 aromatic carbocycles. The Morgan fingerprint density at radius 3 is 2.50 bits per heavy atom. The number of nitrogens with one attached hydrogen (secondary N) is 1. The van der Waals surface area contributed by atoms with Gasteiger partial charge in [0.1, 0.15) is 22.1 Å². The maximum atomic E-state index is 12.7. The zero-order valence-electron chi connectivity index (χ0n) is 25.5. The number of hydrogen-bond acceptors (Lipinski definition) is 12. The van der Waals surface area contributed by atoms with Crippen molar-refractivity contribution in [2.75, 3.05) is 25.5 Å². The van der Waals surface area contributed by atoms with Crippen molar-refractivity contribution in [2.24, 2.45) is 0 Å². The second-order valence-corrected chi connectivity index (χ2v) is 12.1. The number of esters is 1. The van der Waals surface area contributed by atoms with Crippen LogP contribution in [0.4, 0.5) is 10.8 Å². The van der Waals surface area contributed by atoms with Crippen molar-refractivity contribution in [3.8, 4) is 28.7 Å². The lowest BCUT2D eigenvalue weighted by atomic mass is 10.2. The molecule has 3 heterocycles. The summed E-state index contributed by atoms with van der Waals surface area (Å²) in [7, 11) is 1.75. The number of anilines is 2. The molecule has 44 heavy (non-hydrogen) atoms. The SMILES string of the molecule is CCOC(=O)c1sc(Nc2cc(Oc3ccc(-c4nnc(C)o4)cc3)cc(OC3CCN(C)C3=O)c2)nc1COC(C)(C)C. The molecule has 0 aliphatic carbocycles. The third kappa shape index (κ3) is 7.71. The van der Waals surface area contributed by atoms with Gasteiger partial charge in [0.15, 0.2) is 11.2 Å². The Labute approximate surface area is 259 Å². The fraction of sp³-hybridized carbons (Fsp3) is 0.387. The van der Waals surface area contributed by atoms with E-state index in [1.54, 1.807) is 56.1 Å². The Morgan fingerprint density at radius 2 is 1.86 bits per heavy atom. The smallest absolute Gasteiger partial charge is 0.350 e. The molecule has 1 aliphatic heterocycles. The highest BCUT2D eigenvalue weighted by Gasteiger charge is 2.31. The third-order valence-electron chi connectivity index (χ3n) is 6.45. The Bertz CT molecular complexity index is 1630. The van der Waals surface area contributed by atoms with Gasteiger partial charge in [-0.05, 0) is 52.0 Å². The predicted molar refractivity (Wildman–Crippen MR) is 164 cm³/mol. The highest BCUT2D eigenvalue weighted by atomic mass is 32.1. The first kappa shape index (κ1) is 31.0. The molecule has 0 saturated carbocycles. The van der Waals surface area contributed by atoms with Crippen LogP contribution in [0, 0.1) is 6.92 Å². The van der Waals surface area contributed by atoms with Crippen LogP contribution >= 0.6 is 11.3 Å². The van der Waals surface area contributed by atoms with E-state index in [2.05, 4.69) is 20.5 Å². The molecule has 0 radical (unpaired) electrons. The molecule has 4 aromatic rings. The van der Waals surface area contributed by atoms with Crippen molar-refractivity contribution in [1.82, 2.24) is 20.1 Å². The molecule has 1 N–H and O–H groups in total. The first-order valence-electron chi connectivity index (χ1n) is 14.2. The minimum absolute atomic E-state index is 0.0832. The molecule has 1 fully saturated rings. The minimum Gasteiger partial charge on any atom is -0.480 e. The molecular formula is C31H35N5O7S. The summed E-state index contributed by atoms with van der Waals surface area (Å²) in [4.78, 5) is 31.9. The molecule has 0 bridgehead atoms. The van der Waals surface area contributed by atoms with Crippen LogP contribution in [0.5, 0.6) is 17.2 Å². The van der Waals surface area contributed by atoms with E-state index in [-0.39, 0.29) is 19.1 Å². The number of carbonyl (C=O) groups is 2. The fourth-order valence-corrected chi connectivity index (χ4v) is 5.20. The first-order valence-corrected chi connectivity index (χ1v) is 15.0. The molecular weight excluding hydrogens is 586 g/mol. The van der Waals surface area contributed by atoms with Crippen LogP contribution in [-0.4, -0.2) is 63.9 Å². The number of thiazole rings is 1. The normalized spacial score (nSPS) is 15.0. The molecule has 1 unspecified atom stereocenters. The minimum atomic E-state index is -0.600. The summed E-state index contributed by atoms with van der Waals surface area (Å²) in [5, 5.41) is 11.6. The van der Waals surface area contributed by atoms with Gasteiger partial charge in [0.05, 0.1) is 24.5 Å². The van der Waals surface area contributed by atoms with Gasteiger partial charge in [-0.2, -0.15) is 0 Å². The number of hydrogen-bond donors (Lipinski definition) is 1. The molecule has 1 amide bonds. The van der Waals surface area contributed by atoms with Crippen molar-refractivity contribution >= 4 is 34.0 Å². The Hall–Kier alpha value is -4.49. The summed E-state index contributed by atoms with van der Waals surface area (Å²) in [6.07, 6.45) is -0.0246. The zero-order chi connectivity index (χ0) is 31.4. The van der Waals surface area contributed by atoms with Crippen molar-refractivity contribution in [2.45, 2.75) is 59.4 Å². The van der Waals surface area contributed by atoms with Gasteiger partial charge in [-0.15, -0.1) is 10.2 Å². The van der Waals surface area contributed by atoms with Crippen molar-refractivity contribution in [3.63, 3.8) is 0 Å². The number of benzene rings is 2. The maximum Gasteiger partial charge on any atom is 0.350 e. The van der Waals surface area contributed by atoms with E-state index < -0.39 is 17.7 Å². The van der Waals surface area contributed by atoms with Crippen LogP contribution < -0.4 is 14.8 Å². The monoisotopic (exact) mass is 621 g/mol. The highest BCUT2D eigenvalue weighted by molar-refractivity contribution is 7.17. The number of aromatic nitrogens is 3. The lowest BCUT2D eigenvalue weighted by Crippen LogP contribution is -2.29. The van der Waals surface area contributed by atoms with Gasteiger partial charge in [0.2, 0.25) is 11.8 Å². The molecule has 0 spiro atoms. The van der Waals surface area contributed by atoms with Crippen molar-refractivity contribution in [1.29, 1.82) is 0 Å². The summed E-state index contributed by atoms with van der Waals surface area (Å²) >= 11 is 1.16. The van der Waals surface area contributed by atoms with E-state index in [0.29, 0.717) is 63.4 Å². The van der Waals surface area contributed by atoms with Gasteiger partial charge in [0, 0.05) is 56.4 Å². The van der Waals surface area contributed by atoms with Gasteiger partial charge in [-0.25, -0.2) is 9.78 Å². The van der Waals surface area contributed by atoms with Gasteiger partial charge < -0.3 is 33.6 Å². The summed E-state index contributed by atoms with van der Waals surface area (Å²) in [6, 6.07) is 12.5. The number of ether oxygens (including phenoxy) is 4. The maximum absolute atomic E-state index is 12.7. The molecule has 2 aromatic heterocycles. The molecule has 1 saturated heterocycles. The van der Waals surface area contributed by atoms with Crippen LogP contribution in [0.15, 0.2) is 46.9 Å². The first-order chi connectivity index (χ1) is 21.0. The molecule has 13 heteroatoms. The number of carbonyl (C=O) groups excluding carboxylic acids is 2. The number of nitrogens with zero attached hydrogens (tertiary/aromatic N) is 4. The van der Waals surface area contributed by atoms with Gasteiger partial charge in [-0.1, -0.05) is 11.3 Å². The largest absolute Gasteiger partial charge is 0.480 e. The zero-order valence-corrected chi connectivity index (χ0v) is 26.3. The molecule has 1 aliphatic rings. The highest BCUT2D eigenvalue weighted by Crippen LogP contribution is 2.35. The lowest BCUT2D eigenvalue weighted by Gasteiger charge is -2.18. The molecule has 12 nitrogen and oxygen atoms in total. The summed E-state index contributed by atoms with van der Waals surface area (Å²) in [5.41, 5.74) is 1.40. The van der Waals surface area contributed by atoms with E-state index in [1.165, 1.54) is 0 Å². The second kappa shape index (κ2) is 13.0. The average molecular weight is 622 g/mol. The van der Waals surface area contributed by atoms with Crippen LogP contribution in [0.1, 0.15) is 55.4 Å².